The maximum absolute atomic E-state index is 4.75. The third-order valence-corrected chi connectivity index (χ3v) is 5.77. The zero-order valence-electron chi connectivity index (χ0n) is 14.8. The minimum atomic E-state index is 0.678. The molecule has 0 atom stereocenters. The second-order valence-electron chi connectivity index (χ2n) is 6.66. The molecule has 2 aromatic heterocycles. The molecule has 0 aliphatic carbocycles. The number of nitrogens with zero attached hydrogens (tertiary/aromatic N) is 4. The van der Waals surface area contributed by atoms with Crippen molar-refractivity contribution in [3.05, 3.63) is 47.4 Å². The summed E-state index contributed by atoms with van der Waals surface area (Å²) in [6.45, 7) is 3.96. The summed E-state index contributed by atoms with van der Waals surface area (Å²) in [5.41, 5.74) is 2.10. The molecule has 2 aliphatic heterocycles. The molecular formula is C19H24N6S. The van der Waals surface area contributed by atoms with Gasteiger partial charge in [0, 0.05) is 55.6 Å². The number of pyridine rings is 1. The molecule has 0 radical (unpaired) electrons. The van der Waals surface area contributed by atoms with Gasteiger partial charge in [-0.05, 0) is 43.0 Å². The second-order valence-corrected chi connectivity index (χ2v) is 7.76. The van der Waals surface area contributed by atoms with Crippen molar-refractivity contribution in [1.82, 2.24) is 20.3 Å². The van der Waals surface area contributed by atoms with Gasteiger partial charge in [-0.25, -0.2) is 9.97 Å². The number of anilines is 2. The van der Waals surface area contributed by atoms with Crippen LogP contribution in [0.1, 0.15) is 18.5 Å². The highest BCUT2D eigenvalue weighted by Crippen LogP contribution is 2.24. The Kier molecular flexibility index (Phi) is 5.66. The van der Waals surface area contributed by atoms with E-state index in [2.05, 4.69) is 37.6 Å². The molecule has 0 unspecified atom stereocenters. The molecule has 2 aliphatic rings. The molecule has 0 amide bonds. The smallest absolute Gasteiger partial charge is 0.225 e. The van der Waals surface area contributed by atoms with Crippen LogP contribution in [0.2, 0.25) is 0 Å². The van der Waals surface area contributed by atoms with E-state index in [0.717, 1.165) is 62.2 Å². The normalized spacial score (nSPS) is 19.8. The summed E-state index contributed by atoms with van der Waals surface area (Å²) in [6, 6.07) is 6.01. The monoisotopic (exact) mass is 368 g/mol. The summed E-state index contributed by atoms with van der Waals surface area (Å²) in [4.78, 5) is 17.0. The fourth-order valence-electron chi connectivity index (χ4n) is 3.29. The Bertz CT molecular complexity index is 735. The van der Waals surface area contributed by atoms with Crippen LogP contribution in [0.3, 0.4) is 0 Å². The summed E-state index contributed by atoms with van der Waals surface area (Å²) < 4.78 is 0. The minimum absolute atomic E-state index is 0.678. The fraction of sp³-hybridized carbons (Fsp3) is 0.421. The van der Waals surface area contributed by atoms with E-state index in [1.807, 2.05) is 36.3 Å². The Balaban J connectivity index is 1.31. The lowest BCUT2D eigenvalue weighted by atomic mass is 9.97. The first-order valence-electron chi connectivity index (χ1n) is 9.13. The topological polar surface area (TPSA) is 66.0 Å². The molecule has 0 saturated carbocycles. The molecule has 4 heterocycles. The quantitative estimate of drug-likeness (QED) is 0.841. The van der Waals surface area contributed by atoms with Crippen molar-refractivity contribution >= 4 is 29.5 Å². The van der Waals surface area contributed by atoms with Crippen LogP contribution < -0.4 is 15.5 Å². The summed E-state index contributed by atoms with van der Waals surface area (Å²) in [5.74, 6) is 2.52. The first-order valence-corrected chi connectivity index (χ1v) is 10.1. The van der Waals surface area contributed by atoms with Crippen LogP contribution in [0.15, 0.2) is 41.7 Å². The van der Waals surface area contributed by atoms with E-state index >= 15 is 0 Å². The standard InChI is InChI=1S/C19H24N6S/c1-2-17(12-20-6-1)23-11-15-4-8-25(9-5-15)19-22-7-3-16(24-19)10-18-13-21-14-26-18/h1-3,6-7,10,12,15,21,23H,4-5,8-9,11,13-14H2/b18-10-. The van der Waals surface area contributed by atoms with Crippen molar-refractivity contribution in [2.45, 2.75) is 12.8 Å². The van der Waals surface area contributed by atoms with Gasteiger partial charge in [0.1, 0.15) is 0 Å². The largest absolute Gasteiger partial charge is 0.384 e. The molecule has 2 saturated heterocycles. The molecule has 6 nitrogen and oxygen atoms in total. The molecule has 2 aromatic rings. The van der Waals surface area contributed by atoms with Gasteiger partial charge < -0.3 is 15.5 Å². The number of aromatic nitrogens is 3. The van der Waals surface area contributed by atoms with Crippen molar-refractivity contribution in [1.29, 1.82) is 0 Å². The van der Waals surface area contributed by atoms with Crippen molar-refractivity contribution < 1.29 is 0 Å². The molecule has 2 N–H and O–H groups in total. The summed E-state index contributed by atoms with van der Waals surface area (Å²) in [5, 5.41) is 6.82. The zero-order chi connectivity index (χ0) is 17.6. The van der Waals surface area contributed by atoms with Crippen LogP contribution >= 0.6 is 11.8 Å². The third-order valence-electron chi connectivity index (χ3n) is 4.79. The fourth-order valence-corrected chi connectivity index (χ4v) is 4.09. The van der Waals surface area contributed by atoms with E-state index < -0.39 is 0 Å². The molecule has 0 spiro atoms. The van der Waals surface area contributed by atoms with Gasteiger partial charge in [0.05, 0.1) is 11.4 Å². The Morgan fingerprint density at radius 2 is 2.19 bits per heavy atom. The Labute approximate surface area is 158 Å². The Morgan fingerprint density at radius 3 is 2.96 bits per heavy atom. The van der Waals surface area contributed by atoms with Crippen molar-refractivity contribution in [2.24, 2.45) is 5.92 Å². The molecule has 7 heteroatoms. The molecule has 26 heavy (non-hydrogen) atoms. The lowest BCUT2D eigenvalue weighted by Crippen LogP contribution is -2.36. The average Bonchev–Trinajstić information content (AvgIpc) is 3.21. The van der Waals surface area contributed by atoms with Gasteiger partial charge in [0.25, 0.3) is 0 Å². The first-order chi connectivity index (χ1) is 12.9. The van der Waals surface area contributed by atoms with Crippen LogP contribution in [0.5, 0.6) is 0 Å². The highest BCUT2D eigenvalue weighted by atomic mass is 32.2. The second kappa shape index (κ2) is 8.51. The SMILES string of the molecule is C(=C1\CNCS1)/c1ccnc(N2CCC(CNc3cccnc3)CC2)n1. The molecule has 0 aromatic carbocycles. The third kappa shape index (κ3) is 4.53. The summed E-state index contributed by atoms with van der Waals surface area (Å²) >= 11 is 1.85. The minimum Gasteiger partial charge on any atom is -0.384 e. The molecule has 4 rings (SSSR count). The maximum atomic E-state index is 4.75. The van der Waals surface area contributed by atoms with Crippen molar-refractivity contribution in [3.8, 4) is 0 Å². The summed E-state index contributed by atoms with van der Waals surface area (Å²) in [7, 11) is 0. The van der Waals surface area contributed by atoms with Gasteiger partial charge in [-0.3, -0.25) is 4.98 Å². The number of hydrogen-bond donors (Lipinski definition) is 2. The van der Waals surface area contributed by atoms with E-state index in [9.17, 15) is 0 Å². The van der Waals surface area contributed by atoms with Gasteiger partial charge in [0.2, 0.25) is 5.95 Å². The highest BCUT2D eigenvalue weighted by molar-refractivity contribution is 8.03. The molecule has 136 valence electrons. The maximum Gasteiger partial charge on any atom is 0.225 e. The number of rotatable bonds is 5. The van der Waals surface area contributed by atoms with Gasteiger partial charge in [-0.1, -0.05) is 0 Å². The predicted molar refractivity (Wildman–Crippen MR) is 108 cm³/mol. The van der Waals surface area contributed by atoms with E-state index in [0.29, 0.717) is 5.92 Å². The Morgan fingerprint density at radius 1 is 1.27 bits per heavy atom. The van der Waals surface area contributed by atoms with E-state index in [4.69, 9.17) is 4.98 Å². The van der Waals surface area contributed by atoms with Gasteiger partial charge in [-0.2, -0.15) is 0 Å². The number of hydrogen-bond acceptors (Lipinski definition) is 7. The number of thioether (sulfide) groups is 1. The van der Waals surface area contributed by atoms with Crippen LogP contribution in [0.4, 0.5) is 11.6 Å². The van der Waals surface area contributed by atoms with Crippen LogP contribution in [-0.2, 0) is 0 Å². The highest BCUT2D eigenvalue weighted by Gasteiger charge is 2.21. The number of piperidine rings is 1. The Hall–Kier alpha value is -2.12. The lowest BCUT2D eigenvalue weighted by Gasteiger charge is -2.32. The first kappa shape index (κ1) is 17.3. The van der Waals surface area contributed by atoms with E-state index in [-0.39, 0.29) is 0 Å². The van der Waals surface area contributed by atoms with Crippen LogP contribution in [-0.4, -0.2) is 47.0 Å². The molecular weight excluding hydrogens is 344 g/mol. The van der Waals surface area contributed by atoms with Crippen molar-refractivity contribution in [3.63, 3.8) is 0 Å². The van der Waals surface area contributed by atoms with Gasteiger partial charge in [0.15, 0.2) is 0 Å². The van der Waals surface area contributed by atoms with Crippen LogP contribution in [0, 0.1) is 5.92 Å². The predicted octanol–water partition coefficient (Wildman–Crippen LogP) is 2.83. The molecule has 0 bridgehead atoms. The van der Waals surface area contributed by atoms with Gasteiger partial charge >= 0.3 is 0 Å². The summed E-state index contributed by atoms with van der Waals surface area (Å²) in [6.07, 6.45) is 10.0. The van der Waals surface area contributed by atoms with Crippen LogP contribution in [0.25, 0.3) is 6.08 Å². The van der Waals surface area contributed by atoms with E-state index in [1.165, 1.54) is 4.91 Å². The zero-order valence-corrected chi connectivity index (χ0v) is 15.6. The lowest BCUT2D eigenvalue weighted by molar-refractivity contribution is 0.420. The van der Waals surface area contributed by atoms with Crippen molar-refractivity contribution in [2.75, 3.05) is 42.3 Å². The van der Waals surface area contributed by atoms with E-state index in [1.54, 1.807) is 6.20 Å². The van der Waals surface area contributed by atoms with Gasteiger partial charge in [-0.15, -0.1) is 11.8 Å². The average molecular weight is 369 g/mol. The molecule has 2 fully saturated rings. The number of nitrogens with one attached hydrogen (secondary N) is 2.